The quantitative estimate of drug-likeness (QED) is 0.155. The molecule has 1 aromatic heterocycles. The molecule has 1 saturated heterocycles. The van der Waals surface area contributed by atoms with E-state index < -0.39 is 17.8 Å². The van der Waals surface area contributed by atoms with Crippen molar-refractivity contribution in [2.24, 2.45) is 0 Å². The molecule has 0 aliphatic carbocycles. The highest BCUT2D eigenvalue weighted by molar-refractivity contribution is 5.67. The molecule has 0 bridgehead atoms. The SMILES string of the molecule is CCCCCCCCCCCCCCCCCNC(=O)OC1COC(C)(COC(=O)NCc2ccccn2)C1. The highest BCUT2D eigenvalue weighted by Crippen LogP contribution is 2.28. The fourth-order valence-corrected chi connectivity index (χ4v) is 4.88. The summed E-state index contributed by atoms with van der Waals surface area (Å²) in [4.78, 5) is 28.3. The van der Waals surface area contributed by atoms with Crippen molar-refractivity contribution in [3.05, 3.63) is 30.1 Å². The zero-order valence-corrected chi connectivity index (χ0v) is 24.5. The Labute approximate surface area is 236 Å². The number of unbranched alkanes of at least 4 members (excludes halogenated alkanes) is 14. The topological polar surface area (TPSA) is 98.8 Å². The van der Waals surface area contributed by atoms with E-state index in [2.05, 4.69) is 22.5 Å². The number of hydrogen-bond donors (Lipinski definition) is 2. The molecule has 0 radical (unpaired) electrons. The van der Waals surface area contributed by atoms with Crippen LogP contribution >= 0.6 is 0 Å². The lowest BCUT2D eigenvalue weighted by Gasteiger charge is -2.22. The van der Waals surface area contributed by atoms with Gasteiger partial charge in [0.05, 0.1) is 18.8 Å². The van der Waals surface area contributed by atoms with Gasteiger partial charge in [0.25, 0.3) is 0 Å². The van der Waals surface area contributed by atoms with E-state index in [1.807, 2.05) is 25.1 Å². The van der Waals surface area contributed by atoms with Gasteiger partial charge < -0.3 is 24.8 Å². The highest BCUT2D eigenvalue weighted by Gasteiger charge is 2.39. The minimum atomic E-state index is -0.679. The Morgan fingerprint density at radius 3 is 2.10 bits per heavy atom. The fraction of sp³-hybridized carbons (Fsp3) is 0.774. The van der Waals surface area contributed by atoms with Crippen molar-refractivity contribution in [3.63, 3.8) is 0 Å². The molecule has 2 atom stereocenters. The van der Waals surface area contributed by atoms with Crippen LogP contribution in [0, 0.1) is 0 Å². The van der Waals surface area contributed by atoms with Crippen LogP contribution in [0.15, 0.2) is 24.4 Å². The second-order valence-electron chi connectivity index (χ2n) is 11.1. The molecule has 8 heteroatoms. The summed E-state index contributed by atoms with van der Waals surface area (Å²) in [5, 5.41) is 5.52. The molecule has 8 nitrogen and oxygen atoms in total. The third-order valence-corrected chi connectivity index (χ3v) is 7.25. The van der Waals surface area contributed by atoms with Gasteiger partial charge in [-0.25, -0.2) is 9.59 Å². The number of aromatic nitrogens is 1. The largest absolute Gasteiger partial charge is 0.446 e. The number of ether oxygens (including phenoxy) is 3. The molecule has 2 heterocycles. The minimum Gasteiger partial charge on any atom is -0.446 e. The van der Waals surface area contributed by atoms with Crippen molar-refractivity contribution < 1.29 is 23.8 Å². The number of hydrogen-bond acceptors (Lipinski definition) is 6. The standard InChI is InChI=1S/C31H53N3O5/c1-3-4-5-6-7-8-9-10-11-12-13-14-15-16-18-22-33-30(36)39-28-23-31(2,38-25-28)26-37-29(35)34-24-27-20-17-19-21-32-27/h17,19-21,28H,3-16,18,22-26H2,1-2H3,(H,33,36)(H,34,35). The summed E-state index contributed by atoms with van der Waals surface area (Å²) in [6, 6.07) is 5.51. The van der Waals surface area contributed by atoms with Crippen LogP contribution in [0.25, 0.3) is 0 Å². The number of alkyl carbamates (subject to hydrolysis) is 2. The van der Waals surface area contributed by atoms with E-state index in [0.29, 0.717) is 26.1 Å². The Bertz CT molecular complexity index is 779. The zero-order valence-electron chi connectivity index (χ0n) is 24.5. The van der Waals surface area contributed by atoms with Gasteiger partial charge in [0.1, 0.15) is 18.3 Å². The average molecular weight is 548 g/mol. The van der Waals surface area contributed by atoms with Crippen molar-refractivity contribution in [1.29, 1.82) is 0 Å². The van der Waals surface area contributed by atoms with Gasteiger partial charge in [-0.1, -0.05) is 103 Å². The molecule has 1 aromatic rings. The van der Waals surface area contributed by atoms with Crippen molar-refractivity contribution in [2.45, 2.75) is 135 Å². The zero-order chi connectivity index (χ0) is 28.0. The third kappa shape index (κ3) is 16.4. The third-order valence-electron chi connectivity index (χ3n) is 7.25. The monoisotopic (exact) mass is 547 g/mol. The van der Waals surface area contributed by atoms with Crippen LogP contribution in [0.4, 0.5) is 9.59 Å². The lowest BCUT2D eigenvalue weighted by atomic mass is 10.0. The summed E-state index contributed by atoms with van der Waals surface area (Å²) in [6.07, 6.45) is 20.7. The highest BCUT2D eigenvalue weighted by atomic mass is 16.6. The predicted octanol–water partition coefficient (Wildman–Crippen LogP) is 7.45. The van der Waals surface area contributed by atoms with Gasteiger partial charge in [0.15, 0.2) is 0 Å². The van der Waals surface area contributed by atoms with Crippen LogP contribution in [-0.4, -0.2) is 48.6 Å². The van der Waals surface area contributed by atoms with E-state index >= 15 is 0 Å². The summed E-state index contributed by atoms with van der Waals surface area (Å²) in [5.41, 5.74) is 0.0724. The van der Waals surface area contributed by atoms with Gasteiger partial charge >= 0.3 is 12.2 Å². The molecule has 0 saturated carbocycles. The normalized spacial score (nSPS) is 18.6. The second kappa shape index (κ2) is 20.5. The lowest BCUT2D eigenvalue weighted by Crippen LogP contribution is -2.35. The number of nitrogens with one attached hydrogen (secondary N) is 2. The second-order valence-corrected chi connectivity index (χ2v) is 11.1. The summed E-state index contributed by atoms with van der Waals surface area (Å²) >= 11 is 0. The van der Waals surface area contributed by atoms with Crippen molar-refractivity contribution >= 4 is 12.2 Å². The van der Waals surface area contributed by atoms with Crippen LogP contribution in [0.5, 0.6) is 0 Å². The molecular formula is C31H53N3O5. The Kier molecular flexibility index (Phi) is 17.3. The number of nitrogens with zero attached hydrogens (tertiary/aromatic N) is 1. The van der Waals surface area contributed by atoms with Crippen LogP contribution in [0.1, 0.15) is 122 Å². The molecule has 2 N–H and O–H groups in total. The maximum Gasteiger partial charge on any atom is 0.407 e. The molecule has 0 spiro atoms. The first-order chi connectivity index (χ1) is 19.0. The van der Waals surface area contributed by atoms with Crippen LogP contribution in [0.3, 0.4) is 0 Å². The van der Waals surface area contributed by atoms with Gasteiger partial charge in [0, 0.05) is 19.2 Å². The summed E-state index contributed by atoms with van der Waals surface area (Å²) in [5.74, 6) is 0. The van der Waals surface area contributed by atoms with E-state index in [1.165, 1.54) is 83.5 Å². The molecule has 39 heavy (non-hydrogen) atoms. The number of rotatable bonds is 21. The Hall–Kier alpha value is -2.35. The first kappa shape index (κ1) is 32.9. The molecule has 2 amide bonds. The molecule has 1 aliphatic heterocycles. The van der Waals surface area contributed by atoms with E-state index in [9.17, 15) is 9.59 Å². The number of carbonyl (C=O) groups excluding carboxylic acids is 2. The molecular weight excluding hydrogens is 494 g/mol. The van der Waals surface area contributed by atoms with E-state index in [0.717, 1.165) is 18.5 Å². The summed E-state index contributed by atoms with van der Waals surface area (Å²) in [6.45, 7) is 5.43. The van der Waals surface area contributed by atoms with Gasteiger partial charge in [-0.2, -0.15) is 0 Å². The number of pyridine rings is 1. The average Bonchev–Trinajstić information content (AvgIpc) is 3.31. The van der Waals surface area contributed by atoms with E-state index in [4.69, 9.17) is 14.2 Å². The van der Waals surface area contributed by atoms with Crippen molar-refractivity contribution in [2.75, 3.05) is 19.8 Å². The predicted molar refractivity (Wildman–Crippen MR) is 155 cm³/mol. The molecule has 222 valence electrons. The first-order valence-corrected chi connectivity index (χ1v) is 15.4. The fourth-order valence-electron chi connectivity index (χ4n) is 4.88. The summed E-state index contributed by atoms with van der Waals surface area (Å²) < 4.78 is 16.6. The maximum atomic E-state index is 12.2. The smallest absolute Gasteiger partial charge is 0.407 e. The Balaban J connectivity index is 1.39. The van der Waals surface area contributed by atoms with E-state index in [1.54, 1.807) is 6.20 Å². The van der Waals surface area contributed by atoms with Gasteiger partial charge in [0.2, 0.25) is 0 Å². The maximum absolute atomic E-state index is 12.2. The molecule has 2 unspecified atom stereocenters. The van der Waals surface area contributed by atoms with Gasteiger partial charge in [-0.05, 0) is 25.5 Å². The lowest BCUT2D eigenvalue weighted by molar-refractivity contribution is -0.0310. The van der Waals surface area contributed by atoms with Gasteiger partial charge in [-0.3, -0.25) is 4.98 Å². The van der Waals surface area contributed by atoms with E-state index in [-0.39, 0.29) is 12.7 Å². The first-order valence-electron chi connectivity index (χ1n) is 15.4. The van der Waals surface area contributed by atoms with Gasteiger partial charge in [-0.15, -0.1) is 0 Å². The Morgan fingerprint density at radius 1 is 0.897 bits per heavy atom. The Morgan fingerprint density at radius 2 is 1.51 bits per heavy atom. The van der Waals surface area contributed by atoms with Crippen molar-refractivity contribution in [1.82, 2.24) is 15.6 Å². The van der Waals surface area contributed by atoms with Crippen LogP contribution in [0.2, 0.25) is 0 Å². The molecule has 0 aromatic carbocycles. The van der Waals surface area contributed by atoms with Crippen molar-refractivity contribution in [3.8, 4) is 0 Å². The summed E-state index contributed by atoms with van der Waals surface area (Å²) in [7, 11) is 0. The van der Waals surface area contributed by atoms with Crippen LogP contribution in [-0.2, 0) is 20.8 Å². The molecule has 1 fully saturated rings. The van der Waals surface area contributed by atoms with Crippen LogP contribution < -0.4 is 10.6 Å². The minimum absolute atomic E-state index is 0.0850. The molecule has 2 rings (SSSR count). The molecule has 1 aliphatic rings. The number of carbonyl (C=O) groups is 2. The number of amides is 2.